The van der Waals surface area contributed by atoms with Crippen molar-refractivity contribution in [3.63, 3.8) is 0 Å². The second-order valence-electron chi connectivity index (χ2n) is 15.2. The highest BCUT2D eigenvalue weighted by molar-refractivity contribution is 6.25. The molecule has 11 aromatic rings. The lowest BCUT2D eigenvalue weighted by Crippen LogP contribution is -2.28. The number of benzene rings is 11. The third-order valence-electron chi connectivity index (χ3n) is 12.4. The van der Waals surface area contributed by atoms with Crippen LogP contribution in [0.2, 0.25) is 0 Å². The molecule has 0 nitrogen and oxygen atoms in total. The molecule has 0 amide bonds. The maximum atomic E-state index is 2.44. The quantitative estimate of drug-likeness (QED) is 0.161. The summed E-state index contributed by atoms with van der Waals surface area (Å²) in [6.07, 6.45) is 0. The molecule has 1 aliphatic carbocycles. The van der Waals surface area contributed by atoms with Crippen molar-refractivity contribution in [2.24, 2.45) is 0 Å². The summed E-state index contributed by atoms with van der Waals surface area (Å²) in [7, 11) is 0. The Kier molecular flexibility index (Phi) is 6.36. The zero-order valence-electron chi connectivity index (χ0n) is 30.1. The van der Waals surface area contributed by atoms with Gasteiger partial charge in [0.15, 0.2) is 0 Å². The maximum Gasteiger partial charge on any atom is 0.0719 e. The molecule has 11 aromatic carbocycles. The second-order valence-corrected chi connectivity index (χ2v) is 15.2. The molecular weight excluding hydrogens is 661 g/mol. The average Bonchev–Trinajstić information content (AvgIpc) is 3.57. The van der Waals surface area contributed by atoms with E-state index < -0.39 is 5.41 Å². The van der Waals surface area contributed by atoms with E-state index in [4.69, 9.17) is 0 Å². The summed E-state index contributed by atoms with van der Waals surface area (Å²) in [4.78, 5) is 0. The van der Waals surface area contributed by atoms with Crippen molar-refractivity contribution in [1.82, 2.24) is 0 Å². The Labute approximate surface area is 319 Å². The lowest BCUT2D eigenvalue weighted by atomic mass is 9.66. The van der Waals surface area contributed by atoms with Gasteiger partial charge < -0.3 is 0 Å². The van der Waals surface area contributed by atoms with Crippen LogP contribution in [0.5, 0.6) is 0 Å². The number of rotatable bonds is 4. The van der Waals surface area contributed by atoms with E-state index in [0.29, 0.717) is 0 Å². The average molecular weight is 695 g/mol. The van der Waals surface area contributed by atoms with Crippen molar-refractivity contribution in [1.29, 1.82) is 0 Å². The largest absolute Gasteiger partial charge is 0.0719 e. The molecule has 0 heterocycles. The molecule has 0 atom stereocenters. The van der Waals surface area contributed by atoms with Gasteiger partial charge in [0.2, 0.25) is 0 Å². The molecule has 0 radical (unpaired) electrons. The van der Waals surface area contributed by atoms with Gasteiger partial charge in [0.25, 0.3) is 0 Å². The van der Waals surface area contributed by atoms with E-state index in [1.165, 1.54) is 109 Å². The van der Waals surface area contributed by atoms with Crippen LogP contribution in [0, 0.1) is 0 Å². The molecule has 0 aromatic heterocycles. The molecule has 12 rings (SSSR count). The fourth-order valence-corrected chi connectivity index (χ4v) is 10.1. The maximum absolute atomic E-state index is 2.44. The zero-order valence-corrected chi connectivity index (χ0v) is 30.1. The summed E-state index contributed by atoms with van der Waals surface area (Å²) < 4.78 is 0. The topological polar surface area (TPSA) is 0 Å². The molecule has 254 valence electrons. The van der Waals surface area contributed by atoms with E-state index in [9.17, 15) is 0 Å². The Morgan fingerprint density at radius 1 is 0.291 bits per heavy atom. The SMILES string of the molecule is c1ccc(C2(c3ccccc3)c3ccccc3-c3c(-c4cc5ccc6cc(-c7ccc8ccccc8c7)cc7ccc(c4)c5c67)cc4ccccc4c32)cc1. The molecule has 0 saturated carbocycles. The molecule has 0 aliphatic heterocycles. The first kappa shape index (κ1) is 30.4. The fourth-order valence-electron chi connectivity index (χ4n) is 10.1. The van der Waals surface area contributed by atoms with Crippen molar-refractivity contribution >= 4 is 53.9 Å². The van der Waals surface area contributed by atoms with Crippen LogP contribution in [0.4, 0.5) is 0 Å². The first-order valence-electron chi connectivity index (χ1n) is 19.2. The van der Waals surface area contributed by atoms with Gasteiger partial charge in [-0.15, -0.1) is 0 Å². The summed E-state index contributed by atoms with van der Waals surface area (Å²) in [6.45, 7) is 0. The molecule has 0 N–H and O–H groups in total. The van der Waals surface area contributed by atoms with Crippen molar-refractivity contribution in [3.8, 4) is 33.4 Å². The normalized spacial score (nSPS) is 13.2. The van der Waals surface area contributed by atoms with Gasteiger partial charge in [-0.1, -0.05) is 170 Å². The highest BCUT2D eigenvalue weighted by Gasteiger charge is 2.48. The number of fused-ring (bicyclic) bond motifs is 6. The van der Waals surface area contributed by atoms with Gasteiger partial charge >= 0.3 is 0 Å². The summed E-state index contributed by atoms with van der Waals surface area (Å²) in [5.41, 5.74) is 12.4. The molecule has 0 unspecified atom stereocenters. The van der Waals surface area contributed by atoms with Crippen LogP contribution < -0.4 is 0 Å². The van der Waals surface area contributed by atoms with Crippen LogP contribution in [0.3, 0.4) is 0 Å². The minimum atomic E-state index is -0.483. The lowest BCUT2D eigenvalue weighted by molar-refractivity contribution is 0.775. The van der Waals surface area contributed by atoms with Gasteiger partial charge in [0, 0.05) is 0 Å². The number of hydrogen-bond donors (Lipinski definition) is 0. The zero-order chi connectivity index (χ0) is 36.1. The Bertz CT molecular complexity index is 3190. The van der Waals surface area contributed by atoms with Crippen molar-refractivity contribution < 1.29 is 0 Å². The first-order chi connectivity index (χ1) is 27.3. The summed E-state index contributed by atoms with van der Waals surface area (Å²) in [6, 6.07) is 77.3. The van der Waals surface area contributed by atoms with Gasteiger partial charge in [-0.2, -0.15) is 0 Å². The van der Waals surface area contributed by atoms with Gasteiger partial charge in [-0.3, -0.25) is 0 Å². The summed E-state index contributed by atoms with van der Waals surface area (Å²) in [5, 5.41) is 12.9. The first-order valence-corrected chi connectivity index (χ1v) is 19.2. The van der Waals surface area contributed by atoms with Crippen LogP contribution in [0.25, 0.3) is 87.2 Å². The van der Waals surface area contributed by atoms with E-state index in [1.54, 1.807) is 0 Å². The Morgan fingerprint density at radius 3 is 1.44 bits per heavy atom. The van der Waals surface area contributed by atoms with Crippen LogP contribution >= 0.6 is 0 Å². The molecule has 0 spiro atoms. The molecular formula is C55H34. The Morgan fingerprint density at radius 2 is 0.782 bits per heavy atom. The van der Waals surface area contributed by atoms with E-state index in [2.05, 4.69) is 206 Å². The minimum Gasteiger partial charge on any atom is -0.0622 e. The molecule has 0 bridgehead atoms. The third-order valence-corrected chi connectivity index (χ3v) is 12.4. The van der Waals surface area contributed by atoms with Gasteiger partial charge in [-0.25, -0.2) is 0 Å². The standard InChI is InChI=1S/C55H34/c1-3-16-45(17-4-1)55(46-18-5-2-6-19-46)50-22-12-11-21-48(50)53-49(34-38-15-9-10-20-47(38)54(53)55)44-32-41-27-25-39-30-43(31-40-26-28-42(33-44)52(41)51(39)40)37-24-23-35-13-7-8-14-36(35)29-37/h1-34H. The van der Waals surface area contributed by atoms with Gasteiger partial charge in [-0.05, 0) is 146 Å². The van der Waals surface area contributed by atoms with E-state index in [1.807, 2.05) is 0 Å². The predicted octanol–water partition coefficient (Wildman–Crippen LogP) is 14.6. The van der Waals surface area contributed by atoms with Crippen molar-refractivity contribution in [2.75, 3.05) is 0 Å². The van der Waals surface area contributed by atoms with Crippen LogP contribution in [-0.2, 0) is 5.41 Å². The molecule has 0 heteroatoms. The minimum absolute atomic E-state index is 0.483. The van der Waals surface area contributed by atoms with Gasteiger partial charge in [0.05, 0.1) is 5.41 Å². The molecule has 0 fully saturated rings. The van der Waals surface area contributed by atoms with Crippen LogP contribution in [0.1, 0.15) is 22.3 Å². The van der Waals surface area contributed by atoms with E-state index >= 15 is 0 Å². The van der Waals surface area contributed by atoms with Crippen LogP contribution in [-0.4, -0.2) is 0 Å². The van der Waals surface area contributed by atoms with Gasteiger partial charge in [0.1, 0.15) is 0 Å². The Balaban J connectivity index is 1.13. The van der Waals surface area contributed by atoms with Crippen molar-refractivity contribution in [2.45, 2.75) is 5.41 Å². The highest BCUT2D eigenvalue weighted by atomic mass is 14.5. The Hall–Kier alpha value is -7.02. The molecule has 55 heavy (non-hydrogen) atoms. The lowest BCUT2D eigenvalue weighted by Gasteiger charge is -2.35. The van der Waals surface area contributed by atoms with E-state index in [-0.39, 0.29) is 0 Å². The molecule has 0 saturated heterocycles. The fraction of sp³-hybridized carbons (Fsp3) is 0.0182. The smallest absolute Gasteiger partial charge is 0.0622 e. The monoisotopic (exact) mass is 694 g/mol. The second kappa shape index (κ2) is 11.5. The number of hydrogen-bond acceptors (Lipinski definition) is 0. The van der Waals surface area contributed by atoms with Crippen molar-refractivity contribution in [3.05, 3.63) is 229 Å². The van der Waals surface area contributed by atoms with E-state index in [0.717, 1.165) is 0 Å². The highest BCUT2D eigenvalue weighted by Crippen LogP contribution is 2.60. The summed E-state index contributed by atoms with van der Waals surface area (Å²) >= 11 is 0. The third kappa shape index (κ3) is 4.28. The van der Waals surface area contributed by atoms with Crippen LogP contribution in [0.15, 0.2) is 206 Å². The molecule has 1 aliphatic rings. The summed E-state index contributed by atoms with van der Waals surface area (Å²) in [5.74, 6) is 0. The predicted molar refractivity (Wildman–Crippen MR) is 233 cm³/mol.